The van der Waals surface area contributed by atoms with Gasteiger partial charge in [0.25, 0.3) is 5.91 Å². The van der Waals surface area contributed by atoms with Gasteiger partial charge in [0.15, 0.2) is 0 Å². The average Bonchev–Trinajstić information content (AvgIpc) is 2.75. The molecule has 1 atom stereocenters. The second kappa shape index (κ2) is 9.34. The molecule has 1 N–H and O–H groups in total. The van der Waals surface area contributed by atoms with Crippen molar-refractivity contribution in [1.29, 1.82) is 0 Å². The van der Waals surface area contributed by atoms with Crippen molar-refractivity contribution in [2.75, 3.05) is 7.05 Å². The molecule has 0 aliphatic carbocycles. The largest absolute Gasteiger partial charge is 0.345 e. The molecule has 7 nitrogen and oxygen atoms in total. The second-order valence-corrected chi connectivity index (χ2v) is 9.19. The highest BCUT2D eigenvalue weighted by Crippen LogP contribution is 2.18. The van der Waals surface area contributed by atoms with Crippen molar-refractivity contribution in [1.82, 2.24) is 19.6 Å². The number of carbonyl (C=O) groups is 1. The Kier molecular flexibility index (Phi) is 6.81. The van der Waals surface area contributed by atoms with Gasteiger partial charge in [-0.25, -0.2) is 18.4 Å². The zero-order valence-electron chi connectivity index (χ0n) is 16.5. The fourth-order valence-corrected chi connectivity index (χ4v) is 3.98. The van der Waals surface area contributed by atoms with Gasteiger partial charge in [-0.05, 0) is 36.8 Å². The molecule has 30 heavy (non-hydrogen) atoms. The summed E-state index contributed by atoms with van der Waals surface area (Å²) in [5, 5.41) is 3.34. The number of hydrogen-bond acceptors (Lipinski definition) is 5. The molecule has 2 aromatic carbocycles. The van der Waals surface area contributed by atoms with Crippen LogP contribution in [0, 0.1) is 0 Å². The number of carbonyl (C=O) groups excluding carboxylic acids is 1. The molecule has 0 unspecified atom stereocenters. The van der Waals surface area contributed by atoms with E-state index in [4.69, 9.17) is 11.6 Å². The first-order chi connectivity index (χ1) is 14.3. The Morgan fingerprint density at radius 1 is 1.07 bits per heavy atom. The number of benzene rings is 2. The Balaban J connectivity index is 1.65. The molecule has 1 heterocycles. The van der Waals surface area contributed by atoms with Crippen molar-refractivity contribution in [3.8, 4) is 0 Å². The number of hydrogen-bond donors (Lipinski definition) is 1. The van der Waals surface area contributed by atoms with Crippen LogP contribution in [0.1, 0.15) is 34.7 Å². The summed E-state index contributed by atoms with van der Waals surface area (Å²) in [6.07, 6.45) is 2.77. The van der Waals surface area contributed by atoms with Gasteiger partial charge in [0, 0.05) is 24.5 Å². The molecule has 0 bridgehead atoms. The molecule has 9 heteroatoms. The summed E-state index contributed by atoms with van der Waals surface area (Å²) >= 11 is 5.82. The van der Waals surface area contributed by atoms with Crippen molar-refractivity contribution in [3.05, 3.63) is 89.0 Å². The molecule has 0 saturated carbocycles. The molecule has 3 rings (SSSR count). The lowest BCUT2D eigenvalue weighted by Crippen LogP contribution is -2.28. The van der Waals surface area contributed by atoms with E-state index in [1.54, 1.807) is 0 Å². The summed E-state index contributed by atoms with van der Waals surface area (Å²) in [6, 6.07) is 15.3. The van der Waals surface area contributed by atoms with Crippen LogP contribution in [0.4, 0.5) is 0 Å². The van der Waals surface area contributed by atoms with Crippen LogP contribution < -0.4 is 5.32 Å². The third-order valence-corrected chi connectivity index (χ3v) is 6.57. The third-order valence-electron chi connectivity index (χ3n) is 4.50. The zero-order valence-corrected chi connectivity index (χ0v) is 18.1. The van der Waals surface area contributed by atoms with Gasteiger partial charge in [-0.1, -0.05) is 41.9 Å². The number of aromatic nitrogens is 2. The normalized spacial score (nSPS) is 12.5. The number of rotatable bonds is 7. The zero-order chi connectivity index (χ0) is 21.7. The van der Waals surface area contributed by atoms with Gasteiger partial charge in [-0.15, -0.1) is 0 Å². The predicted molar refractivity (Wildman–Crippen MR) is 114 cm³/mol. The van der Waals surface area contributed by atoms with E-state index in [0.717, 1.165) is 9.87 Å². The van der Waals surface area contributed by atoms with Crippen molar-refractivity contribution in [2.45, 2.75) is 24.4 Å². The van der Waals surface area contributed by atoms with Gasteiger partial charge in [-0.2, -0.15) is 4.31 Å². The highest BCUT2D eigenvalue weighted by Gasteiger charge is 2.22. The molecule has 0 saturated heterocycles. The lowest BCUT2D eigenvalue weighted by Gasteiger charge is -2.17. The smallest absolute Gasteiger partial charge is 0.254 e. The van der Waals surface area contributed by atoms with E-state index in [1.165, 1.54) is 43.7 Å². The Morgan fingerprint density at radius 3 is 2.27 bits per heavy atom. The summed E-state index contributed by atoms with van der Waals surface area (Å²) in [7, 11) is -2.27. The van der Waals surface area contributed by atoms with E-state index >= 15 is 0 Å². The molecular formula is C21H21ClN4O3S. The maximum Gasteiger partial charge on any atom is 0.254 e. The van der Waals surface area contributed by atoms with Gasteiger partial charge in [-0.3, -0.25) is 4.79 Å². The van der Waals surface area contributed by atoms with Gasteiger partial charge >= 0.3 is 0 Å². The first-order valence-corrected chi connectivity index (χ1v) is 11.0. The Morgan fingerprint density at radius 2 is 1.67 bits per heavy atom. The van der Waals surface area contributed by atoms with Crippen molar-refractivity contribution < 1.29 is 13.2 Å². The van der Waals surface area contributed by atoms with Gasteiger partial charge in [0.05, 0.1) is 23.0 Å². The maximum atomic E-state index is 12.6. The monoisotopic (exact) mass is 444 g/mol. The molecule has 0 radical (unpaired) electrons. The van der Waals surface area contributed by atoms with Crippen LogP contribution in [0.15, 0.2) is 71.9 Å². The number of halogens is 1. The minimum atomic E-state index is -3.71. The van der Waals surface area contributed by atoms with Crippen LogP contribution >= 0.6 is 11.6 Å². The van der Waals surface area contributed by atoms with Gasteiger partial charge in [0.2, 0.25) is 10.0 Å². The van der Waals surface area contributed by atoms with E-state index in [9.17, 15) is 13.2 Å². The molecule has 0 fully saturated rings. The fraction of sp³-hybridized carbons (Fsp3) is 0.190. The van der Waals surface area contributed by atoms with Crippen molar-refractivity contribution in [3.63, 3.8) is 0 Å². The van der Waals surface area contributed by atoms with Crippen LogP contribution in [-0.4, -0.2) is 35.6 Å². The van der Waals surface area contributed by atoms with Crippen LogP contribution in [0.3, 0.4) is 0 Å². The number of nitrogens with one attached hydrogen (secondary N) is 1. The molecule has 3 aromatic rings. The summed E-state index contributed by atoms with van der Waals surface area (Å²) in [6.45, 7) is 1.85. The highest BCUT2D eigenvalue weighted by atomic mass is 35.5. The number of sulfonamides is 1. The quantitative estimate of drug-likeness (QED) is 0.602. The van der Waals surface area contributed by atoms with Crippen LogP contribution in [0.25, 0.3) is 0 Å². The SMILES string of the molecule is C[C@@H](NC(=O)c1cnc(CN(C)S(=O)(=O)c2ccc(Cl)cc2)nc1)c1ccccc1. The van der Waals surface area contributed by atoms with E-state index < -0.39 is 10.0 Å². The summed E-state index contributed by atoms with van der Waals surface area (Å²) in [4.78, 5) is 20.8. The van der Waals surface area contributed by atoms with Crippen LogP contribution in [0.2, 0.25) is 5.02 Å². The molecule has 1 aromatic heterocycles. The molecule has 156 valence electrons. The highest BCUT2D eigenvalue weighted by molar-refractivity contribution is 7.89. The molecule has 1 amide bonds. The molecule has 0 aliphatic heterocycles. The lowest BCUT2D eigenvalue weighted by atomic mass is 10.1. The maximum absolute atomic E-state index is 12.6. The summed E-state index contributed by atoms with van der Waals surface area (Å²) < 4.78 is 26.4. The lowest BCUT2D eigenvalue weighted by molar-refractivity contribution is 0.0939. The Hall–Kier alpha value is -2.81. The molecule has 0 spiro atoms. The summed E-state index contributed by atoms with van der Waals surface area (Å²) in [5.74, 6) is -0.0252. The fourth-order valence-electron chi connectivity index (χ4n) is 2.73. The average molecular weight is 445 g/mol. The van der Waals surface area contributed by atoms with Gasteiger partial charge in [0.1, 0.15) is 5.82 Å². The first kappa shape index (κ1) is 21.9. The predicted octanol–water partition coefficient (Wildman–Crippen LogP) is 3.44. The van der Waals surface area contributed by atoms with Crippen molar-refractivity contribution in [2.24, 2.45) is 0 Å². The minimum absolute atomic E-state index is 0.0344. The van der Waals surface area contributed by atoms with Crippen LogP contribution in [-0.2, 0) is 16.6 Å². The number of amides is 1. The van der Waals surface area contributed by atoms with E-state index in [1.807, 2.05) is 37.3 Å². The standard InChI is InChI=1S/C21H21ClN4O3S/c1-15(16-6-4-3-5-7-16)25-21(27)17-12-23-20(24-13-17)14-26(2)30(28,29)19-10-8-18(22)9-11-19/h3-13,15H,14H2,1-2H3,(H,25,27)/t15-/m1/s1. The van der Waals surface area contributed by atoms with E-state index in [-0.39, 0.29) is 29.2 Å². The van der Waals surface area contributed by atoms with Gasteiger partial charge < -0.3 is 5.32 Å². The van der Waals surface area contributed by atoms with E-state index in [2.05, 4.69) is 15.3 Å². The van der Waals surface area contributed by atoms with Crippen LogP contribution in [0.5, 0.6) is 0 Å². The summed E-state index contributed by atoms with van der Waals surface area (Å²) in [5.41, 5.74) is 1.28. The second-order valence-electron chi connectivity index (χ2n) is 6.71. The van der Waals surface area contributed by atoms with Crippen molar-refractivity contribution >= 4 is 27.5 Å². The minimum Gasteiger partial charge on any atom is -0.345 e. The Labute approximate surface area is 180 Å². The first-order valence-electron chi connectivity index (χ1n) is 9.16. The molecule has 0 aliphatic rings. The van der Waals surface area contributed by atoms with E-state index in [0.29, 0.717) is 10.6 Å². The third kappa shape index (κ3) is 5.21. The Bertz CT molecular complexity index is 1110. The number of nitrogens with zero attached hydrogens (tertiary/aromatic N) is 3. The topological polar surface area (TPSA) is 92.3 Å². The molecular weight excluding hydrogens is 424 g/mol.